The topological polar surface area (TPSA) is 64.3 Å². The first-order chi connectivity index (χ1) is 9.00. The molecular weight excluding hydrogens is 252 g/mol. The van der Waals surface area contributed by atoms with Gasteiger partial charge in [-0.1, -0.05) is 27.2 Å². The highest BCUT2D eigenvalue weighted by molar-refractivity contribution is 5.68. The van der Waals surface area contributed by atoms with Crippen LogP contribution < -0.4 is 11.1 Å². The predicted molar refractivity (Wildman–Crippen MR) is 82.6 cm³/mol. The Bertz CT molecular complexity index is 335. The van der Waals surface area contributed by atoms with Crippen molar-refractivity contribution in [3.05, 3.63) is 0 Å². The summed E-state index contributed by atoms with van der Waals surface area (Å²) in [6.45, 7) is 12.8. The second kappa shape index (κ2) is 5.92. The number of carbonyl (C=O) groups excluding carboxylic acids is 1. The van der Waals surface area contributed by atoms with E-state index in [0.29, 0.717) is 6.54 Å². The number of carbonyl (C=O) groups is 1. The van der Waals surface area contributed by atoms with Crippen molar-refractivity contribution in [2.45, 2.75) is 78.9 Å². The third-order valence-electron chi connectivity index (χ3n) is 4.13. The van der Waals surface area contributed by atoms with Crippen molar-refractivity contribution >= 4 is 6.09 Å². The van der Waals surface area contributed by atoms with Gasteiger partial charge in [0.15, 0.2) is 0 Å². The lowest BCUT2D eigenvalue weighted by molar-refractivity contribution is -0.00442. The molecule has 20 heavy (non-hydrogen) atoms. The molecule has 4 heteroatoms. The third-order valence-corrected chi connectivity index (χ3v) is 4.13. The molecule has 1 aliphatic rings. The van der Waals surface area contributed by atoms with Crippen LogP contribution in [0, 0.1) is 10.8 Å². The van der Waals surface area contributed by atoms with Crippen LogP contribution in [0.5, 0.6) is 0 Å². The summed E-state index contributed by atoms with van der Waals surface area (Å²) in [6, 6.07) is 0.0992. The molecule has 0 aromatic heterocycles. The van der Waals surface area contributed by atoms with Crippen LogP contribution in [0.3, 0.4) is 0 Å². The van der Waals surface area contributed by atoms with Gasteiger partial charge in [-0.3, -0.25) is 0 Å². The SMILES string of the molecule is CC(C)(C)OC(=O)NC(C(C)(C)C)C1(CCN)CCC1. The van der Waals surface area contributed by atoms with Gasteiger partial charge in [0.2, 0.25) is 0 Å². The van der Waals surface area contributed by atoms with E-state index < -0.39 is 5.60 Å². The Hall–Kier alpha value is -0.770. The highest BCUT2D eigenvalue weighted by atomic mass is 16.6. The molecule has 1 atom stereocenters. The molecule has 0 spiro atoms. The normalized spacial score (nSPS) is 19.9. The number of rotatable bonds is 4. The summed E-state index contributed by atoms with van der Waals surface area (Å²) in [5.41, 5.74) is 5.46. The Balaban J connectivity index is 2.83. The number of alkyl carbamates (subject to hydrolysis) is 1. The highest BCUT2D eigenvalue weighted by Crippen LogP contribution is 2.51. The van der Waals surface area contributed by atoms with Gasteiger partial charge in [0.1, 0.15) is 5.60 Å². The van der Waals surface area contributed by atoms with E-state index in [1.54, 1.807) is 0 Å². The first-order valence-electron chi connectivity index (χ1n) is 7.70. The Kier molecular flexibility index (Phi) is 5.12. The third kappa shape index (κ3) is 4.37. The second-order valence-electron chi connectivity index (χ2n) is 8.20. The van der Waals surface area contributed by atoms with E-state index in [9.17, 15) is 4.79 Å². The minimum absolute atomic E-state index is 0.00745. The van der Waals surface area contributed by atoms with E-state index in [0.717, 1.165) is 19.3 Å². The van der Waals surface area contributed by atoms with E-state index in [2.05, 4.69) is 26.1 Å². The summed E-state index contributed by atoms with van der Waals surface area (Å²) < 4.78 is 5.42. The summed E-state index contributed by atoms with van der Waals surface area (Å²) in [5.74, 6) is 0. The van der Waals surface area contributed by atoms with Crippen molar-refractivity contribution in [1.29, 1.82) is 0 Å². The van der Waals surface area contributed by atoms with Crippen LogP contribution in [0.4, 0.5) is 4.79 Å². The molecule has 0 aromatic carbocycles. The average molecular weight is 284 g/mol. The molecule has 0 bridgehead atoms. The number of nitrogens with one attached hydrogen (secondary N) is 1. The van der Waals surface area contributed by atoms with Crippen molar-refractivity contribution < 1.29 is 9.53 Å². The van der Waals surface area contributed by atoms with Gasteiger partial charge >= 0.3 is 6.09 Å². The largest absolute Gasteiger partial charge is 0.444 e. The maximum atomic E-state index is 12.1. The minimum atomic E-state index is -0.465. The average Bonchev–Trinajstić information content (AvgIpc) is 2.16. The maximum absolute atomic E-state index is 12.1. The van der Waals surface area contributed by atoms with Crippen LogP contribution in [0.2, 0.25) is 0 Å². The monoisotopic (exact) mass is 284 g/mol. The summed E-state index contributed by atoms with van der Waals surface area (Å²) >= 11 is 0. The lowest BCUT2D eigenvalue weighted by atomic mass is 9.56. The summed E-state index contributed by atoms with van der Waals surface area (Å²) in [7, 11) is 0. The van der Waals surface area contributed by atoms with E-state index in [1.807, 2.05) is 20.8 Å². The van der Waals surface area contributed by atoms with Gasteiger partial charge in [-0.05, 0) is 57.4 Å². The van der Waals surface area contributed by atoms with Gasteiger partial charge in [0.05, 0.1) is 0 Å². The molecule has 1 aliphatic carbocycles. The number of nitrogens with two attached hydrogens (primary N) is 1. The van der Waals surface area contributed by atoms with Crippen molar-refractivity contribution in [3.8, 4) is 0 Å². The molecule has 118 valence electrons. The zero-order chi connectivity index (χ0) is 15.6. The minimum Gasteiger partial charge on any atom is -0.444 e. The van der Waals surface area contributed by atoms with Gasteiger partial charge in [-0.15, -0.1) is 0 Å². The molecule has 0 heterocycles. The summed E-state index contributed by atoms with van der Waals surface area (Å²) in [6.07, 6.45) is 4.15. The lowest BCUT2D eigenvalue weighted by Crippen LogP contribution is -2.58. The molecule has 0 saturated heterocycles. The molecule has 0 aliphatic heterocycles. The molecule has 1 amide bonds. The highest BCUT2D eigenvalue weighted by Gasteiger charge is 2.49. The summed E-state index contributed by atoms with van der Waals surface area (Å²) in [5, 5.41) is 3.12. The van der Waals surface area contributed by atoms with Crippen LogP contribution in [0.1, 0.15) is 67.2 Å². The van der Waals surface area contributed by atoms with Gasteiger partial charge in [0, 0.05) is 6.04 Å². The number of hydrogen-bond donors (Lipinski definition) is 2. The summed E-state index contributed by atoms with van der Waals surface area (Å²) in [4.78, 5) is 12.1. The Morgan fingerprint density at radius 2 is 1.80 bits per heavy atom. The fraction of sp³-hybridized carbons (Fsp3) is 0.938. The molecule has 3 N–H and O–H groups in total. The van der Waals surface area contributed by atoms with E-state index in [-0.39, 0.29) is 23.0 Å². The zero-order valence-corrected chi connectivity index (χ0v) is 14.0. The van der Waals surface area contributed by atoms with E-state index in [1.165, 1.54) is 6.42 Å². The molecular formula is C16H32N2O2. The zero-order valence-electron chi connectivity index (χ0n) is 14.0. The van der Waals surface area contributed by atoms with Crippen molar-refractivity contribution in [3.63, 3.8) is 0 Å². The van der Waals surface area contributed by atoms with Crippen LogP contribution in [0.15, 0.2) is 0 Å². The molecule has 0 radical (unpaired) electrons. The molecule has 1 unspecified atom stereocenters. The van der Waals surface area contributed by atoms with Crippen molar-refractivity contribution in [2.24, 2.45) is 16.6 Å². The smallest absolute Gasteiger partial charge is 0.407 e. The molecule has 1 saturated carbocycles. The van der Waals surface area contributed by atoms with Crippen molar-refractivity contribution in [2.75, 3.05) is 6.54 Å². The molecule has 4 nitrogen and oxygen atoms in total. The fourth-order valence-corrected chi connectivity index (χ4v) is 3.31. The molecule has 0 aromatic rings. The quantitative estimate of drug-likeness (QED) is 0.831. The van der Waals surface area contributed by atoms with Crippen LogP contribution in [-0.2, 0) is 4.74 Å². The number of ether oxygens (including phenoxy) is 1. The maximum Gasteiger partial charge on any atom is 0.407 e. The number of hydrogen-bond acceptors (Lipinski definition) is 3. The predicted octanol–water partition coefficient (Wildman–Crippen LogP) is 3.44. The Labute approximate surface area is 123 Å². The van der Waals surface area contributed by atoms with E-state index in [4.69, 9.17) is 10.5 Å². The fourth-order valence-electron chi connectivity index (χ4n) is 3.31. The van der Waals surface area contributed by atoms with E-state index >= 15 is 0 Å². The first-order valence-corrected chi connectivity index (χ1v) is 7.70. The molecule has 1 rings (SSSR count). The van der Waals surface area contributed by atoms with Crippen molar-refractivity contribution in [1.82, 2.24) is 5.32 Å². The van der Waals surface area contributed by atoms with Crippen LogP contribution >= 0.6 is 0 Å². The molecule has 1 fully saturated rings. The Morgan fingerprint density at radius 1 is 1.25 bits per heavy atom. The standard InChI is InChI=1S/C16H32N2O2/c1-14(2,3)12(16(10-11-17)8-7-9-16)18-13(19)20-15(4,5)6/h12H,7-11,17H2,1-6H3,(H,18,19). The Morgan fingerprint density at radius 3 is 2.10 bits per heavy atom. The first kappa shape index (κ1) is 17.3. The second-order valence-corrected chi connectivity index (χ2v) is 8.20. The van der Waals surface area contributed by atoms with Gasteiger partial charge in [-0.2, -0.15) is 0 Å². The lowest BCUT2D eigenvalue weighted by Gasteiger charge is -2.53. The van der Waals surface area contributed by atoms with Gasteiger partial charge in [0.25, 0.3) is 0 Å². The van der Waals surface area contributed by atoms with Gasteiger partial charge < -0.3 is 15.8 Å². The van der Waals surface area contributed by atoms with Crippen LogP contribution in [-0.4, -0.2) is 24.3 Å². The van der Waals surface area contributed by atoms with Gasteiger partial charge in [-0.25, -0.2) is 4.79 Å². The number of amides is 1. The van der Waals surface area contributed by atoms with Crippen LogP contribution in [0.25, 0.3) is 0 Å².